The van der Waals surface area contributed by atoms with Crippen LogP contribution in [0.25, 0.3) is 0 Å². The van der Waals surface area contributed by atoms with E-state index in [0.717, 1.165) is 5.56 Å². The highest BCUT2D eigenvalue weighted by Crippen LogP contribution is 2.30. The standard InChI is InChI=1S/C12H15F2NO3/c1-17-11-4-8(5-15-6-9(16)7-15)2-3-10(11)18-12(13)14/h2-4,9,12,16H,5-7H2,1H3. The molecule has 0 amide bonds. The number of aliphatic hydroxyl groups excluding tert-OH is 1. The van der Waals surface area contributed by atoms with Gasteiger partial charge in [-0.25, -0.2) is 0 Å². The molecule has 1 aromatic carbocycles. The van der Waals surface area contributed by atoms with Gasteiger partial charge in [-0.15, -0.1) is 0 Å². The Bertz CT molecular complexity index is 408. The normalized spacial score (nSPS) is 16.7. The van der Waals surface area contributed by atoms with Gasteiger partial charge in [-0.3, -0.25) is 4.90 Å². The number of alkyl halides is 2. The van der Waals surface area contributed by atoms with E-state index in [1.807, 2.05) is 4.90 Å². The Morgan fingerprint density at radius 2 is 2.11 bits per heavy atom. The summed E-state index contributed by atoms with van der Waals surface area (Å²) < 4.78 is 33.6. The molecule has 1 aliphatic rings. The summed E-state index contributed by atoms with van der Waals surface area (Å²) in [5.74, 6) is 0.314. The van der Waals surface area contributed by atoms with E-state index in [2.05, 4.69) is 4.74 Å². The zero-order valence-corrected chi connectivity index (χ0v) is 9.97. The molecule has 4 nitrogen and oxygen atoms in total. The van der Waals surface area contributed by atoms with Crippen LogP contribution in [0.15, 0.2) is 18.2 Å². The second kappa shape index (κ2) is 5.49. The number of benzene rings is 1. The summed E-state index contributed by atoms with van der Waals surface area (Å²) >= 11 is 0. The second-order valence-electron chi connectivity index (χ2n) is 4.21. The molecule has 0 aliphatic carbocycles. The highest BCUT2D eigenvalue weighted by atomic mass is 19.3. The molecule has 0 atom stereocenters. The molecule has 1 aromatic rings. The number of ether oxygens (including phenoxy) is 2. The highest BCUT2D eigenvalue weighted by Gasteiger charge is 2.24. The number of halogens is 2. The molecule has 18 heavy (non-hydrogen) atoms. The first-order valence-corrected chi connectivity index (χ1v) is 5.60. The summed E-state index contributed by atoms with van der Waals surface area (Å²) in [5.41, 5.74) is 0.931. The molecule has 0 bridgehead atoms. The Morgan fingerprint density at radius 1 is 1.39 bits per heavy atom. The van der Waals surface area contributed by atoms with Crippen molar-refractivity contribution in [3.8, 4) is 11.5 Å². The van der Waals surface area contributed by atoms with Crippen LogP contribution in [-0.2, 0) is 6.54 Å². The van der Waals surface area contributed by atoms with Gasteiger partial charge in [-0.2, -0.15) is 8.78 Å². The maximum atomic E-state index is 12.1. The first-order chi connectivity index (χ1) is 8.58. The van der Waals surface area contributed by atoms with Crippen molar-refractivity contribution in [1.29, 1.82) is 0 Å². The Morgan fingerprint density at radius 3 is 2.67 bits per heavy atom. The minimum Gasteiger partial charge on any atom is -0.493 e. The van der Waals surface area contributed by atoms with Crippen molar-refractivity contribution in [2.24, 2.45) is 0 Å². The molecule has 1 heterocycles. The van der Waals surface area contributed by atoms with E-state index >= 15 is 0 Å². The zero-order valence-electron chi connectivity index (χ0n) is 9.97. The average Bonchev–Trinajstić information content (AvgIpc) is 2.28. The van der Waals surface area contributed by atoms with Crippen LogP contribution in [0.1, 0.15) is 5.56 Å². The predicted octanol–water partition coefficient (Wildman–Crippen LogP) is 1.47. The maximum absolute atomic E-state index is 12.1. The van der Waals surface area contributed by atoms with Gasteiger partial charge in [0.2, 0.25) is 0 Å². The molecule has 6 heteroatoms. The van der Waals surface area contributed by atoms with E-state index < -0.39 is 6.61 Å². The quantitative estimate of drug-likeness (QED) is 0.869. The summed E-state index contributed by atoms with van der Waals surface area (Å²) in [5, 5.41) is 9.17. The predicted molar refractivity (Wildman–Crippen MR) is 60.9 cm³/mol. The number of nitrogens with zero attached hydrogens (tertiary/aromatic N) is 1. The van der Waals surface area contributed by atoms with Crippen LogP contribution < -0.4 is 9.47 Å². The number of hydrogen-bond acceptors (Lipinski definition) is 4. The van der Waals surface area contributed by atoms with E-state index in [4.69, 9.17) is 4.74 Å². The van der Waals surface area contributed by atoms with Gasteiger partial charge in [-0.05, 0) is 17.7 Å². The van der Waals surface area contributed by atoms with E-state index in [1.165, 1.54) is 13.2 Å². The Labute approximate surface area is 104 Å². The molecular weight excluding hydrogens is 244 g/mol. The number of likely N-dealkylation sites (tertiary alicyclic amines) is 1. The maximum Gasteiger partial charge on any atom is 0.387 e. The first kappa shape index (κ1) is 13.0. The van der Waals surface area contributed by atoms with Crippen molar-refractivity contribution in [2.45, 2.75) is 19.3 Å². The number of rotatable bonds is 5. The molecule has 2 rings (SSSR count). The zero-order chi connectivity index (χ0) is 13.1. The van der Waals surface area contributed by atoms with Crippen molar-refractivity contribution in [2.75, 3.05) is 20.2 Å². The molecule has 0 unspecified atom stereocenters. The lowest BCUT2D eigenvalue weighted by Gasteiger charge is -2.35. The Balaban J connectivity index is 2.04. The second-order valence-corrected chi connectivity index (χ2v) is 4.21. The molecule has 0 saturated carbocycles. The lowest BCUT2D eigenvalue weighted by Crippen LogP contribution is -2.49. The van der Waals surface area contributed by atoms with Crippen LogP contribution in [0.3, 0.4) is 0 Å². The molecule has 1 N–H and O–H groups in total. The van der Waals surface area contributed by atoms with Gasteiger partial charge in [0, 0.05) is 19.6 Å². The van der Waals surface area contributed by atoms with Crippen LogP contribution in [0.5, 0.6) is 11.5 Å². The topological polar surface area (TPSA) is 41.9 Å². The number of hydrogen-bond donors (Lipinski definition) is 1. The summed E-state index contributed by atoms with van der Waals surface area (Å²) in [6.45, 7) is -0.937. The summed E-state index contributed by atoms with van der Waals surface area (Å²) in [7, 11) is 1.41. The average molecular weight is 259 g/mol. The largest absolute Gasteiger partial charge is 0.493 e. The van der Waals surface area contributed by atoms with Gasteiger partial charge in [-0.1, -0.05) is 6.07 Å². The molecule has 0 aromatic heterocycles. The molecule has 0 radical (unpaired) electrons. The minimum absolute atomic E-state index is 0.0277. The lowest BCUT2D eigenvalue weighted by molar-refractivity contribution is -0.0512. The first-order valence-electron chi connectivity index (χ1n) is 5.60. The molecule has 1 fully saturated rings. The fourth-order valence-corrected chi connectivity index (χ4v) is 1.93. The fourth-order valence-electron chi connectivity index (χ4n) is 1.93. The summed E-state index contributed by atoms with van der Waals surface area (Å²) in [6.07, 6.45) is -0.256. The van der Waals surface area contributed by atoms with E-state index in [-0.39, 0.29) is 17.6 Å². The van der Waals surface area contributed by atoms with Crippen LogP contribution in [0.2, 0.25) is 0 Å². The van der Waals surface area contributed by atoms with E-state index in [1.54, 1.807) is 12.1 Å². The van der Waals surface area contributed by atoms with Gasteiger partial charge in [0.05, 0.1) is 13.2 Å². The fraction of sp³-hybridized carbons (Fsp3) is 0.500. The highest BCUT2D eigenvalue weighted by molar-refractivity contribution is 5.43. The third kappa shape index (κ3) is 3.08. The van der Waals surface area contributed by atoms with Crippen LogP contribution in [0.4, 0.5) is 8.78 Å². The SMILES string of the molecule is COc1cc(CN2CC(O)C2)ccc1OC(F)F. The molecule has 1 saturated heterocycles. The van der Waals surface area contributed by atoms with E-state index in [0.29, 0.717) is 19.6 Å². The summed E-state index contributed by atoms with van der Waals surface area (Å²) in [4.78, 5) is 2.05. The van der Waals surface area contributed by atoms with Gasteiger partial charge in [0.15, 0.2) is 11.5 Å². The lowest BCUT2D eigenvalue weighted by atomic mass is 10.1. The van der Waals surface area contributed by atoms with Crippen molar-refractivity contribution >= 4 is 0 Å². The van der Waals surface area contributed by atoms with Crippen LogP contribution in [0, 0.1) is 0 Å². The minimum atomic E-state index is -2.87. The summed E-state index contributed by atoms with van der Waals surface area (Å²) in [6, 6.07) is 4.85. The number of aliphatic hydroxyl groups is 1. The monoisotopic (exact) mass is 259 g/mol. The molecule has 100 valence electrons. The molecular formula is C12H15F2NO3. The van der Waals surface area contributed by atoms with Crippen LogP contribution in [-0.4, -0.2) is 42.9 Å². The number of methoxy groups -OCH3 is 1. The Hall–Kier alpha value is -1.40. The van der Waals surface area contributed by atoms with Crippen molar-refractivity contribution < 1.29 is 23.4 Å². The van der Waals surface area contributed by atoms with Crippen molar-refractivity contribution in [3.63, 3.8) is 0 Å². The van der Waals surface area contributed by atoms with Crippen molar-refractivity contribution in [1.82, 2.24) is 4.90 Å². The third-order valence-electron chi connectivity index (χ3n) is 2.79. The van der Waals surface area contributed by atoms with Gasteiger partial charge < -0.3 is 14.6 Å². The van der Waals surface area contributed by atoms with Crippen LogP contribution >= 0.6 is 0 Å². The van der Waals surface area contributed by atoms with Crippen molar-refractivity contribution in [3.05, 3.63) is 23.8 Å². The van der Waals surface area contributed by atoms with Gasteiger partial charge in [0.1, 0.15) is 0 Å². The molecule has 1 aliphatic heterocycles. The van der Waals surface area contributed by atoms with E-state index in [9.17, 15) is 13.9 Å². The molecule has 0 spiro atoms. The van der Waals surface area contributed by atoms with Gasteiger partial charge in [0.25, 0.3) is 0 Å². The Kier molecular flexibility index (Phi) is 3.98. The number of β-amino-alcohol motifs (C(OH)–C–C–N with tert-alkyl or cyclic N) is 1. The smallest absolute Gasteiger partial charge is 0.387 e. The van der Waals surface area contributed by atoms with Gasteiger partial charge >= 0.3 is 6.61 Å². The third-order valence-corrected chi connectivity index (χ3v) is 2.79.